The number of sulfonamides is 1. The maximum Gasteiger partial charge on any atom is 0.266 e. The normalized spacial score (nSPS) is 13.4. The molecule has 0 fully saturated rings. The first kappa shape index (κ1) is 26.8. The van der Waals surface area contributed by atoms with E-state index in [-0.39, 0.29) is 22.3 Å². The van der Waals surface area contributed by atoms with E-state index >= 15 is 0 Å². The van der Waals surface area contributed by atoms with E-state index in [9.17, 15) is 18.0 Å². The van der Waals surface area contributed by atoms with E-state index in [1.54, 1.807) is 18.2 Å². The Labute approximate surface area is 224 Å². The largest absolute Gasteiger partial charge is 0.325 e. The van der Waals surface area contributed by atoms with Crippen molar-refractivity contribution in [2.24, 2.45) is 0 Å². The third-order valence-electron chi connectivity index (χ3n) is 6.17. The fourth-order valence-corrected chi connectivity index (χ4v) is 5.87. The van der Waals surface area contributed by atoms with Crippen molar-refractivity contribution in [3.05, 3.63) is 125 Å². The SMILES string of the molecule is CC(=O)Nc1ccccc1S(=O)(=O)N(CCCc1ccccc1)c1ccc(C)cc1.O=C1C2=CC=C1C=C2. The number of carbonyl (C=O) groups is 2. The molecule has 3 aromatic rings. The third kappa shape index (κ3) is 6.36. The van der Waals surface area contributed by atoms with Crippen molar-refractivity contribution in [3.63, 3.8) is 0 Å². The predicted octanol–water partition coefficient (Wildman–Crippen LogP) is 5.77. The highest BCUT2D eigenvalue weighted by Gasteiger charge is 2.27. The lowest BCUT2D eigenvalue weighted by atomic mass is 10.1. The summed E-state index contributed by atoms with van der Waals surface area (Å²) >= 11 is 0. The number of rotatable bonds is 8. The fourth-order valence-electron chi connectivity index (χ4n) is 4.21. The van der Waals surface area contributed by atoms with Crippen LogP contribution >= 0.6 is 0 Å². The molecular weight excluding hydrogens is 496 g/mol. The number of anilines is 2. The Morgan fingerprint density at radius 1 is 0.842 bits per heavy atom. The maximum absolute atomic E-state index is 13.6. The van der Waals surface area contributed by atoms with Gasteiger partial charge < -0.3 is 5.32 Å². The second-order valence-corrected chi connectivity index (χ2v) is 10.9. The molecule has 0 saturated carbocycles. The number of aryl methyl sites for hydroxylation is 2. The average molecular weight is 527 g/mol. The van der Waals surface area contributed by atoms with Gasteiger partial charge in [-0.05, 0) is 49.6 Å². The Bertz CT molecular complexity index is 1500. The van der Waals surface area contributed by atoms with Gasteiger partial charge in [0, 0.05) is 24.6 Å². The van der Waals surface area contributed by atoms with Crippen LogP contribution in [0.2, 0.25) is 0 Å². The molecule has 5 rings (SSSR count). The van der Waals surface area contributed by atoms with Crippen LogP contribution in [-0.4, -0.2) is 26.7 Å². The second kappa shape index (κ2) is 11.9. The van der Waals surface area contributed by atoms with Crippen LogP contribution < -0.4 is 9.62 Å². The van der Waals surface area contributed by atoms with Gasteiger partial charge in [0.05, 0.1) is 11.4 Å². The van der Waals surface area contributed by atoms with Crippen molar-refractivity contribution >= 4 is 33.1 Å². The summed E-state index contributed by atoms with van der Waals surface area (Å²) in [6, 6.07) is 23.9. The minimum absolute atomic E-state index is 0.0838. The zero-order valence-corrected chi connectivity index (χ0v) is 22.2. The smallest absolute Gasteiger partial charge is 0.266 e. The number of benzene rings is 3. The number of nitrogens with zero attached hydrogens (tertiary/aromatic N) is 1. The lowest BCUT2D eigenvalue weighted by Crippen LogP contribution is -2.33. The van der Waals surface area contributed by atoms with Gasteiger partial charge in [0.25, 0.3) is 10.0 Å². The number of ketones is 1. The minimum atomic E-state index is -3.88. The molecule has 1 N–H and O–H groups in total. The molecule has 0 unspecified atom stereocenters. The Kier molecular flexibility index (Phi) is 8.38. The third-order valence-corrected chi connectivity index (χ3v) is 8.05. The molecule has 6 nitrogen and oxygen atoms in total. The van der Waals surface area contributed by atoms with Gasteiger partial charge in [-0.3, -0.25) is 13.9 Å². The van der Waals surface area contributed by atoms with Gasteiger partial charge in [0.15, 0.2) is 5.78 Å². The zero-order chi connectivity index (χ0) is 27.1. The number of hydrogen-bond donors (Lipinski definition) is 1. The number of hydrogen-bond acceptors (Lipinski definition) is 4. The number of carbonyl (C=O) groups excluding carboxylic acids is 2. The molecule has 7 heteroatoms. The van der Waals surface area contributed by atoms with Crippen molar-refractivity contribution in [3.8, 4) is 0 Å². The summed E-state index contributed by atoms with van der Waals surface area (Å²) in [5, 5.41) is 2.63. The standard InChI is InChI=1S/C24H26N2O3S.C7H4O/c1-19-14-16-22(17-15-19)26(18-8-11-21-9-4-3-5-10-21)30(28,29)24-13-7-6-12-23(24)25-20(2)27;8-7-5-1-2-6(7)4-3-5/h3-7,9-10,12-17H,8,11,18H2,1-2H3,(H,25,27);1-4H. The molecule has 0 saturated heterocycles. The molecule has 0 aromatic heterocycles. The molecule has 2 aliphatic rings. The van der Waals surface area contributed by atoms with Crippen molar-refractivity contribution in [2.45, 2.75) is 31.6 Å². The van der Waals surface area contributed by atoms with Crippen LogP contribution in [0, 0.1) is 6.92 Å². The molecule has 0 radical (unpaired) electrons. The lowest BCUT2D eigenvalue weighted by molar-refractivity contribution is -0.114. The number of nitrogens with one attached hydrogen (secondary N) is 1. The Hall–Kier alpha value is -4.23. The Morgan fingerprint density at radius 3 is 2.00 bits per heavy atom. The van der Waals surface area contributed by atoms with Crippen LogP contribution in [0.25, 0.3) is 0 Å². The molecule has 38 heavy (non-hydrogen) atoms. The van der Waals surface area contributed by atoms with Crippen molar-refractivity contribution in [1.82, 2.24) is 0 Å². The number of Topliss-reactive ketones (excluding diaryl/α,β-unsaturated/α-hetero) is 1. The highest BCUT2D eigenvalue weighted by atomic mass is 32.2. The van der Waals surface area contributed by atoms with Crippen LogP contribution in [0.3, 0.4) is 0 Å². The van der Waals surface area contributed by atoms with E-state index in [1.165, 1.54) is 17.3 Å². The second-order valence-electron chi connectivity index (χ2n) is 9.09. The van der Waals surface area contributed by atoms with E-state index < -0.39 is 10.0 Å². The van der Waals surface area contributed by atoms with Crippen LogP contribution in [0.5, 0.6) is 0 Å². The van der Waals surface area contributed by atoms with Gasteiger partial charge in [-0.2, -0.15) is 0 Å². The highest BCUT2D eigenvalue weighted by Crippen LogP contribution is 2.29. The molecule has 3 aromatic carbocycles. The van der Waals surface area contributed by atoms with Crippen molar-refractivity contribution in [2.75, 3.05) is 16.2 Å². The monoisotopic (exact) mass is 526 g/mol. The summed E-state index contributed by atoms with van der Waals surface area (Å²) in [4.78, 5) is 22.4. The summed E-state index contributed by atoms with van der Waals surface area (Å²) in [6.07, 6.45) is 8.82. The molecule has 1 amide bonds. The molecule has 2 aliphatic carbocycles. The van der Waals surface area contributed by atoms with Gasteiger partial charge in [0.2, 0.25) is 5.91 Å². The predicted molar refractivity (Wildman–Crippen MR) is 152 cm³/mol. The summed E-state index contributed by atoms with van der Waals surface area (Å²) in [7, 11) is -3.88. The average Bonchev–Trinajstić information content (AvgIpc) is 3.44. The van der Waals surface area contributed by atoms with Crippen molar-refractivity contribution < 1.29 is 18.0 Å². The molecule has 0 aliphatic heterocycles. The summed E-state index contributed by atoms with van der Waals surface area (Å²) in [5.41, 5.74) is 4.77. The Balaban J connectivity index is 0.000000353. The van der Waals surface area contributed by atoms with Gasteiger partial charge in [-0.25, -0.2) is 8.42 Å². The van der Waals surface area contributed by atoms with E-state index in [0.29, 0.717) is 18.7 Å². The molecule has 0 spiro atoms. The van der Waals surface area contributed by atoms with Crippen LogP contribution in [-0.2, 0) is 26.0 Å². The first-order valence-electron chi connectivity index (χ1n) is 12.4. The molecular formula is C31H30N2O4S. The molecule has 2 bridgehead atoms. The van der Waals surface area contributed by atoms with Crippen LogP contribution in [0.4, 0.5) is 11.4 Å². The van der Waals surface area contributed by atoms with Gasteiger partial charge in [-0.15, -0.1) is 0 Å². The summed E-state index contributed by atoms with van der Waals surface area (Å²) in [5.74, 6) is -0.131. The number of fused-ring (bicyclic) bond motifs is 2. The first-order chi connectivity index (χ1) is 18.3. The topological polar surface area (TPSA) is 83.6 Å². The molecule has 194 valence electrons. The van der Waals surface area contributed by atoms with E-state index in [1.807, 2.05) is 85.8 Å². The van der Waals surface area contributed by atoms with Crippen LogP contribution in [0.1, 0.15) is 24.5 Å². The first-order valence-corrected chi connectivity index (χ1v) is 13.8. The van der Waals surface area contributed by atoms with Gasteiger partial charge >= 0.3 is 0 Å². The number of allylic oxidation sites excluding steroid dienone is 6. The van der Waals surface area contributed by atoms with Crippen LogP contribution in [0.15, 0.2) is 119 Å². The lowest BCUT2D eigenvalue weighted by Gasteiger charge is -2.26. The van der Waals surface area contributed by atoms with Gasteiger partial charge in [0.1, 0.15) is 4.90 Å². The van der Waals surface area contributed by atoms with E-state index in [0.717, 1.165) is 28.7 Å². The fraction of sp³-hybridized carbons (Fsp3) is 0.161. The van der Waals surface area contributed by atoms with Gasteiger partial charge in [-0.1, -0.05) is 84.5 Å². The van der Waals surface area contributed by atoms with Crippen molar-refractivity contribution in [1.29, 1.82) is 0 Å². The quantitative estimate of drug-likeness (QED) is 0.404. The maximum atomic E-state index is 13.6. The number of para-hydroxylation sites is 1. The number of amides is 1. The zero-order valence-electron chi connectivity index (χ0n) is 21.4. The highest BCUT2D eigenvalue weighted by molar-refractivity contribution is 7.93. The Morgan fingerprint density at radius 2 is 1.45 bits per heavy atom. The van der Waals surface area contributed by atoms with E-state index in [4.69, 9.17) is 0 Å². The summed E-state index contributed by atoms with van der Waals surface area (Å²) in [6.45, 7) is 3.65. The molecule has 0 atom stereocenters. The minimum Gasteiger partial charge on any atom is -0.325 e. The molecule has 0 heterocycles. The summed E-state index contributed by atoms with van der Waals surface area (Å²) < 4.78 is 28.7. The van der Waals surface area contributed by atoms with E-state index in [2.05, 4.69) is 5.32 Å².